The standard InChI is InChI=1S/C24H26ClFN6/c1-15(2)30-11-16-8-18(25)5-6-20(16)32-21(12-30)28-29-22(32)17-9-24(10-17)13-31(14-24)23-19(26)4-3-7-27-23/h3-8,15,17H,9-14H2,1-2H3. The summed E-state index contributed by atoms with van der Waals surface area (Å²) in [6.45, 7) is 7.73. The Morgan fingerprint density at radius 1 is 1.12 bits per heavy atom. The summed E-state index contributed by atoms with van der Waals surface area (Å²) in [5.41, 5.74) is 2.58. The minimum Gasteiger partial charge on any atom is -0.353 e. The minimum absolute atomic E-state index is 0.235. The Balaban J connectivity index is 1.26. The van der Waals surface area contributed by atoms with Crippen molar-refractivity contribution in [1.29, 1.82) is 0 Å². The second-order valence-electron chi connectivity index (χ2n) is 9.85. The fraction of sp³-hybridized carbons (Fsp3) is 0.458. The molecule has 0 radical (unpaired) electrons. The number of anilines is 1. The molecule has 8 heteroatoms. The fourth-order valence-electron chi connectivity index (χ4n) is 5.63. The van der Waals surface area contributed by atoms with Crippen LogP contribution in [-0.2, 0) is 13.1 Å². The van der Waals surface area contributed by atoms with Crippen molar-refractivity contribution in [1.82, 2.24) is 24.6 Å². The SMILES string of the molecule is CC(C)N1Cc2cc(Cl)ccc2-n2c(nnc2C2CC3(C2)CN(c2ncccc2F)C3)C1. The number of benzene rings is 1. The van der Waals surface area contributed by atoms with E-state index in [0.717, 1.165) is 61.4 Å². The number of hydrogen-bond donors (Lipinski definition) is 0. The first-order valence-electron chi connectivity index (χ1n) is 11.2. The second kappa shape index (κ2) is 7.25. The zero-order valence-electron chi connectivity index (χ0n) is 18.3. The van der Waals surface area contributed by atoms with Crippen molar-refractivity contribution in [2.75, 3.05) is 18.0 Å². The van der Waals surface area contributed by atoms with Crippen LogP contribution in [0.25, 0.3) is 5.69 Å². The average Bonchev–Trinajstić information content (AvgIpc) is 3.02. The number of rotatable bonds is 3. The molecule has 3 aromatic rings. The molecule has 2 fully saturated rings. The van der Waals surface area contributed by atoms with Gasteiger partial charge in [-0.05, 0) is 62.6 Å². The first-order chi connectivity index (χ1) is 15.4. The van der Waals surface area contributed by atoms with Crippen LogP contribution < -0.4 is 4.90 Å². The summed E-state index contributed by atoms with van der Waals surface area (Å²) >= 11 is 6.34. The van der Waals surface area contributed by atoms with E-state index in [9.17, 15) is 4.39 Å². The third-order valence-electron chi connectivity index (χ3n) is 7.30. The average molecular weight is 453 g/mol. The van der Waals surface area contributed by atoms with Gasteiger partial charge in [-0.15, -0.1) is 10.2 Å². The van der Waals surface area contributed by atoms with Gasteiger partial charge in [0.2, 0.25) is 0 Å². The lowest BCUT2D eigenvalue weighted by Crippen LogP contribution is -2.62. The molecule has 0 amide bonds. The topological polar surface area (TPSA) is 50.1 Å². The molecule has 6 rings (SSSR count). The maximum Gasteiger partial charge on any atom is 0.165 e. The summed E-state index contributed by atoms with van der Waals surface area (Å²) in [6, 6.07) is 9.63. The minimum atomic E-state index is -0.244. The Hall–Kier alpha value is -2.51. The molecule has 2 aliphatic heterocycles. The molecule has 0 atom stereocenters. The number of aromatic nitrogens is 4. The molecule has 1 saturated heterocycles. The highest BCUT2D eigenvalue weighted by Gasteiger charge is 2.54. The number of fused-ring (bicyclic) bond motifs is 3. The van der Waals surface area contributed by atoms with E-state index in [1.54, 1.807) is 12.3 Å². The summed E-state index contributed by atoms with van der Waals surface area (Å²) in [5, 5.41) is 10.0. The van der Waals surface area contributed by atoms with E-state index < -0.39 is 0 Å². The van der Waals surface area contributed by atoms with Gasteiger partial charge in [0.15, 0.2) is 17.5 Å². The molecule has 6 nitrogen and oxygen atoms in total. The molecule has 1 aromatic carbocycles. The maximum atomic E-state index is 14.1. The summed E-state index contributed by atoms with van der Waals surface area (Å²) < 4.78 is 16.3. The first-order valence-corrected chi connectivity index (χ1v) is 11.6. The van der Waals surface area contributed by atoms with E-state index in [0.29, 0.717) is 17.8 Å². The maximum absolute atomic E-state index is 14.1. The van der Waals surface area contributed by atoms with Crippen LogP contribution in [0.5, 0.6) is 0 Å². The van der Waals surface area contributed by atoms with Crippen LogP contribution in [0.15, 0.2) is 36.5 Å². The van der Waals surface area contributed by atoms with Gasteiger partial charge in [0, 0.05) is 48.2 Å². The van der Waals surface area contributed by atoms with E-state index in [-0.39, 0.29) is 11.2 Å². The molecule has 3 aliphatic rings. The van der Waals surface area contributed by atoms with Gasteiger partial charge in [-0.25, -0.2) is 9.37 Å². The van der Waals surface area contributed by atoms with E-state index in [1.165, 1.54) is 11.6 Å². The van der Waals surface area contributed by atoms with Crippen molar-refractivity contribution in [3.05, 3.63) is 64.6 Å². The Bertz CT molecular complexity index is 1180. The number of hydrogen-bond acceptors (Lipinski definition) is 5. The molecule has 1 aliphatic carbocycles. The highest BCUT2D eigenvalue weighted by Crippen LogP contribution is 2.56. The lowest BCUT2D eigenvalue weighted by molar-refractivity contribution is 0.0576. The van der Waals surface area contributed by atoms with E-state index in [4.69, 9.17) is 11.6 Å². The van der Waals surface area contributed by atoms with Crippen LogP contribution in [0.1, 0.15) is 49.8 Å². The van der Waals surface area contributed by atoms with Gasteiger partial charge in [0.25, 0.3) is 0 Å². The molecule has 0 N–H and O–H groups in total. The highest BCUT2D eigenvalue weighted by molar-refractivity contribution is 6.30. The van der Waals surface area contributed by atoms with Gasteiger partial charge < -0.3 is 4.90 Å². The van der Waals surface area contributed by atoms with Crippen molar-refractivity contribution < 1.29 is 4.39 Å². The summed E-state index contributed by atoms with van der Waals surface area (Å²) in [6.07, 6.45) is 3.75. The molecular formula is C24H26ClFN6. The van der Waals surface area contributed by atoms with Crippen LogP contribution in [-0.4, -0.2) is 43.8 Å². The Kier molecular flexibility index (Phi) is 4.56. The van der Waals surface area contributed by atoms with Crippen molar-refractivity contribution in [3.8, 4) is 5.69 Å². The predicted octanol–water partition coefficient (Wildman–Crippen LogP) is 4.56. The molecule has 32 heavy (non-hydrogen) atoms. The van der Waals surface area contributed by atoms with Crippen LogP contribution in [0.3, 0.4) is 0 Å². The van der Waals surface area contributed by atoms with Crippen LogP contribution >= 0.6 is 11.6 Å². The Morgan fingerprint density at radius 2 is 1.94 bits per heavy atom. The lowest BCUT2D eigenvalue weighted by atomic mass is 9.57. The lowest BCUT2D eigenvalue weighted by Gasteiger charge is -2.59. The molecule has 1 saturated carbocycles. The van der Waals surface area contributed by atoms with Crippen LogP contribution in [0.4, 0.5) is 10.2 Å². The smallest absolute Gasteiger partial charge is 0.165 e. The van der Waals surface area contributed by atoms with E-state index in [2.05, 4.69) is 50.6 Å². The third kappa shape index (κ3) is 3.13. The second-order valence-corrected chi connectivity index (χ2v) is 10.3. The Morgan fingerprint density at radius 3 is 2.69 bits per heavy atom. The van der Waals surface area contributed by atoms with Crippen molar-refractivity contribution >= 4 is 17.4 Å². The summed E-state index contributed by atoms with van der Waals surface area (Å²) in [4.78, 5) is 8.68. The van der Waals surface area contributed by atoms with Crippen LogP contribution in [0.2, 0.25) is 5.02 Å². The number of pyridine rings is 1. The van der Waals surface area contributed by atoms with Gasteiger partial charge in [-0.1, -0.05) is 11.6 Å². The normalized spacial score (nSPS) is 20.0. The molecule has 1 spiro atoms. The monoisotopic (exact) mass is 452 g/mol. The first kappa shape index (κ1) is 20.1. The van der Waals surface area contributed by atoms with Gasteiger partial charge in [0.1, 0.15) is 5.82 Å². The predicted molar refractivity (Wildman–Crippen MR) is 122 cm³/mol. The van der Waals surface area contributed by atoms with Gasteiger partial charge in [-0.3, -0.25) is 9.47 Å². The largest absolute Gasteiger partial charge is 0.353 e. The molecule has 4 heterocycles. The van der Waals surface area contributed by atoms with Crippen LogP contribution in [0, 0.1) is 11.2 Å². The molecule has 0 unspecified atom stereocenters. The highest BCUT2D eigenvalue weighted by atomic mass is 35.5. The fourth-order valence-corrected chi connectivity index (χ4v) is 5.82. The Labute approximate surface area is 192 Å². The van der Waals surface area contributed by atoms with Gasteiger partial charge in [-0.2, -0.15) is 0 Å². The van der Waals surface area contributed by atoms with Crippen molar-refractivity contribution in [3.63, 3.8) is 0 Å². The zero-order valence-corrected chi connectivity index (χ0v) is 19.1. The molecule has 166 valence electrons. The molecular weight excluding hydrogens is 427 g/mol. The third-order valence-corrected chi connectivity index (χ3v) is 7.54. The van der Waals surface area contributed by atoms with Crippen molar-refractivity contribution in [2.24, 2.45) is 5.41 Å². The van der Waals surface area contributed by atoms with Crippen molar-refractivity contribution in [2.45, 2.75) is 51.7 Å². The van der Waals surface area contributed by atoms with E-state index in [1.807, 2.05) is 11.0 Å². The van der Waals surface area contributed by atoms with E-state index >= 15 is 0 Å². The molecule has 0 bridgehead atoms. The van der Waals surface area contributed by atoms with Gasteiger partial charge in [0.05, 0.1) is 12.2 Å². The summed E-state index contributed by atoms with van der Waals surface area (Å²) in [5.74, 6) is 2.62. The summed E-state index contributed by atoms with van der Waals surface area (Å²) in [7, 11) is 0. The van der Waals surface area contributed by atoms with Gasteiger partial charge >= 0.3 is 0 Å². The number of nitrogens with zero attached hydrogens (tertiary/aromatic N) is 6. The molecule has 2 aromatic heterocycles. The quantitative estimate of drug-likeness (QED) is 0.583. The zero-order chi connectivity index (χ0) is 22.0. The number of halogens is 2.